The molecule has 0 heterocycles. The van der Waals surface area contributed by atoms with Gasteiger partial charge in [-0.25, -0.2) is 0 Å². The van der Waals surface area contributed by atoms with E-state index in [-0.39, 0.29) is 0 Å². The standard InChI is InChI=1S/C15H32O/c1-5-8-9-10-13(4)15(7-3)11-14(6-2)12-16/h13-16H,5-12H2,1-4H3. The molecule has 16 heavy (non-hydrogen) atoms. The highest BCUT2D eigenvalue weighted by Gasteiger charge is 2.18. The molecular weight excluding hydrogens is 196 g/mol. The van der Waals surface area contributed by atoms with Crippen LogP contribution in [0, 0.1) is 17.8 Å². The first-order valence-electron chi connectivity index (χ1n) is 7.30. The number of aliphatic hydroxyl groups is 1. The maximum atomic E-state index is 9.27. The van der Waals surface area contributed by atoms with Gasteiger partial charge in [0.15, 0.2) is 0 Å². The molecule has 1 nitrogen and oxygen atoms in total. The molecule has 1 heteroatoms. The van der Waals surface area contributed by atoms with Gasteiger partial charge in [-0.3, -0.25) is 0 Å². The van der Waals surface area contributed by atoms with E-state index in [1.165, 1.54) is 38.5 Å². The maximum absolute atomic E-state index is 9.27. The van der Waals surface area contributed by atoms with Gasteiger partial charge in [-0.15, -0.1) is 0 Å². The fourth-order valence-electron chi connectivity index (χ4n) is 2.55. The number of hydrogen-bond donors (Lipinski definition) is 1. The number of rotatable bonds is 10. The molecule has 0 aromatic heterocycles. The molecule has 0 fully saturated rings. The Morgan fingerprint density at radius 3 is 2.12 bits per heavy atom. The summed E-state index contributed by atoms with van der Waals surface area (Å²) in [5.41, 5.74) is 0. The van der Waals surface area contributed by atoms with Gasteiger partial charge in [0, 0.05) is 6.61 Å². The lowest BCUT2D eigenvalue weighted by atomic mass is 9.80. The van der Waals surface area contributed by atoms with Gasteiger partial charge in [0.25, 0.3) is 0 Å². The summed E-state index contributed by atoms with van der Waals surface area (Å²) in [7, 11) is 0. The van der Waals surface area contributed by atoms with Gasteiger partial charge in [-0.05, 0) is 24.2 Å². The highest BCUT2D eigenvalue weighted by atomic mass is 16.3. The molecular formula is C15H32O. The Bertz CT molecular complexity index is 140. The lowest BCUT2D eigenvalue weighted by Crippen LogP contribution is -2.17. The molecule has 0 aliphatic carbocycles. The number of hydrogen-bond acceptors (Lipinski definition) is 1. The predicted molar refractivity (Wildman–Crippen MR) is 72.6 cm³/mol. The Morgan fingerprint density at radius 1 is 1.00 bits per heavy atom. The van der Waals surface area contributed by atoms with Gasteiger partial charge in [-0.2, -0.15) is 0 Å². The minimum atomic E-state index is 0.370. The Kier molecular flexibility index (Phi) is 10.1. The zero-order valence-corrected chi connectivity index (χ0v) is 11.8. The van der Waals surface area contributed by atoms with Crippen LogP contribution < -0.4 is 0 Å². The Hall–Kier alpha value is -0.0400. The van der Waals surface area contributed by atoms with Crippen LogP contribution in [0.25, 0.3) is 0 Å². The van der Waals surface area contributed by atoms with Gasteiger partial charge in [-0.1, -0.05) is 66.2 Å². The summed E-state index contributed by atoms with van der Waals surface area (Å²) in [5, 5.41) is 9.27. The summed E-state index contributed by atoms with van der Waals surface area (Å²) in [4.78, 5) is 0. The highest BCUT2D eigenvalue weighted by Crippen LogP contribution is 2.28. The molecule has 0 aromatic carbocycles. The van der Waals surface area contributed by atoms with Crippen molar-refractivity contribution < 1.29 is 5.11 Å². The summed E-state index contributed by atoms with van der Waals surface area (Å²) in [6.45, 7) is 9.52. The SMILES string of the molecule is CCCCCC(C)C(CC)CC(CC)CO. The molecule has 0 aliphatic rings. The third-order valence-corrected chi connectivity index (χ3v) is 4.06. The van der Waals surface area contributed by atoms with Crippen LogP contribution in [0.5, 0.6) is 0 Å². The largest absolute Gasteiger partial charge is 0.396 e. The predicted octanol–water partition coefficient (Wildman–Crippen LogP) is 4.64. The van der Waals surface area contributed by atoms with Crippen LogP contribution in [-0.4, -0.2) is 11.7 Å². The third kappa shape index (κ3) is 6.52. The van der Waals surface area contributed by atoms with Crippen LogP contribution in [0.15, 0.2) is 0 Å². The van der Waals surface area contributed by atoms with Crippen molar-refractivity contribution in [2.45, 2.75) is 72.6 Å². The normalized spacial score (nSPS) is 17.1. The molecule has 0 amide bonds. The summed E-state index contributed by atoms with van der Waals surface area (Å²) < 4.78 is 0. The minimum absolute atomic E-state index is 0.370. The van der Waals surface area contributed by atoms with Gasteiger partial charge in [0.2, 0.25) is 0 Å². The number of aliphatic hydroxyl groups excluding tert-OH is 1. The van der Waals surface area contributed by atoms with E-state index in [0.717, 1.165) is 18.3 Å². The number of unbranched alkanes of at least 4 members (excludes halogenated alkanes) is 2. The Morgan fingerprint density at radius 2 is 1.69 bits per heavy atom. The van der Waals surface area contributed by atoms with E-state index in [1.807, 2.05) is 0 Å². The van der Waals surface area contributed by atoms with E-state index in [0.29, 0.717) is 12.5 Å². The zero-order valence-electron chi connectivity index (χ0n) is 11.8. The second-order valence-electron chi connectivity index (χ2n) is 5.33. The molecule has 0 aliphatic heterocycles. The van der Waals surface area contributed by atoms with Crippen LogP contribution in [0.4, 0.5) is 0 Å². The molecule has 0 rings (SSSR count). The molecule has 0 aromatic rings. The van der Waals surface area contributed by atoms with Gasteiger partial charge in [0.05, 0.1) is 0 Å². The molecule has 0 radical (unpaired) electrons. The van der Waals surface area contributed by atoms with Crippen molar-refractivity contribution in [2.75, 3.05) is 6.61 Å². The van der Waals surface area contributed by atoms with E-state index in [2.05, 4.69) is 27.7 Å². The van der Waals surface area contributed by atoms with Gasteiger partial charge >= 0.3 is 0 Å². The van der Waals surface area contributed by atoms with Crippen LogP contribution in [0.1, 0.15) is 72.6 Å². The molecule has 98 valence electrons. The first-order valence-corrected chi connectivity index (χ1v) is 7.30. The van der Waals surface area contributed by atoms with Crippen molar-refractivity contribution in [1.29, 1.82) is 0 Å². The van der Waals surface area contributed by atoms with Gasteiger partial charge in [0.1, 0.15) is 0 Å². The Balaban J connectivity index is 3.94. The smallest absolute Gasteiger partial charge is 0.0459 e. The van der Waals surface area contributed by atoms with Crippen molar-refractivity contribution in [3.8, 4) is 0 Å². The summed E-state index contributed by atoms with van der Waals surface area (Å²) >= 11 is 0. The molecule has 3 unspecified atom stereocenters. The molecule has 0 saturated carbocycles. The third-order valence-electron chi connectivity index (χ3n) is 4.06. The first kappa shape index (κ1) is 16.0. The zero-order chi connectivity index (χ0) is 12.4. The lowest BCUT2D eigenvalue weighted by molar-refractivity contribution is 0.172. The maximum Gasteiger partial charge on any atom is 0.0459 e. The lowest BCUT2D eigenvalue weighted by Gasteiger charge is -2.26. The van der Waals surface area contributed by atoms with Gasteiger partial charge < -0.3 is 5.11 Å². The quantitative estimate of drug-likeness (QED) is 0.540. The fraction of sp³-hybridized carbons (Fsp3) is 1.00. The summed E-state index contributed by atoms with van der Waals surface area (Å²) in [5.74, 6) is 2.17. The van der Waals surface area contributed by atoms with E-state index < -0.39 is 0 Å². The van der Waals surface area contributed by atoms with Crippen molar-refractivity contribution >= 4 is 0 Å². The fourth-order valence-corrected chi connectivity index (χ4v) is 2.55. The highest BCUT2D eigenvalue weighted by molar-refractivity contribution is 4.69. The molecule has 0 saturated heterocycles. The van der Waals surface area contributed by atoms with Crippen molar-refractivity contribution in [3.63, 3.8) is 0 Å². The van der Waals surface area contributed by atoms with E-state index in [9.17, 15) is 5.11 Å². The Labute approximate surface area is 103 Å². The van der Waals surface area contributed by atoms with Crippen molar-refractivity contribution in [3.05, 3.63) is 0 Å². The van der Waals surface area contributed by atoms with Crippen molar-refractivity contribution in [1.82, 2.24) is 0 Å². The first-order chi connectivity index (χ1) is 7.69. The van der Waals surface area contributed by atoms with Crippen LogP contribution in [0.3, 0.4) is 0 Å². The van der Waals surface area contributed by atoms with Crippen LogP contribution >= 0.6 is 0 Å². The summed E-state index contributed by atoms with van der Waals surface area (Å²) in [6, 6.07) is 0. The molecule has 3 atom stereocenters. The minimum Gasteiger partial charge on any atom is -0.396 e. The van der Waals surface area contributed by atoms with E-state index in [4.69, 9.17) is 0 Å². The average molecular weight is 228 g/mol. The topological polar surface area (TPSA) is 20.2 Å². The van der Waals surface area contributed by atoms with E-state index >= 15 is 0 Å². The molecule has 0 spiro atoms. The average Bonchev–Trinajstić information content (AvgIpc) is 2.31. The van der Waals surface area contributed by atoms with Crippen LogP contribution in [-0.2, 0) is 0 Å². The monoisotopic (exact) mass is 228 g/mol. The van der Waals surface area contributed by atoms with E-state index in [1.54, 1.807) is 0 Å². The molecule has 1 N–H and O–H groups in total. The van der Waals surface area contributed by atoms with Crippen LogP contribution in [0.2, 0.25) is 0 Å². The molecule has 0 bridgehead atoms. The second kappa shape index (κ2) is 10.1. The summed E-state index contributed by atoms with van der Waals surface area (Å²) in [6.07, 6.45) is 9.04. The van der Waals surface area contributed by atoms with Crippen molar-refractivity contribution in [2.24, 2.45) is 17.8 Å². The second-order valence-corrected chi connectivity index (χ2v) is 5.33.